The minimum Gasteiger partial charge on any atom is -0.481 e. The first-order chi connectivity index (χ1) is 11.5. The summed E-state index contributed by atoms with van der Waals surface area (Å²) in [6, 6.07) is 0.173. The topological polar surface area (TPSA) is 124 Å². The number of piperidine rings is 1. The highest BCUT2D eigenvalue weighted by molar-refractivity contribution is 5.67. The van der Waals surface area contributed by atoms with Gasteiger partial charge < -0.3 is 25.7 Å². The first kappa shape index (κ1) is 18.2. The molecule has 1 saturated heterocycles. The molecular weight excluding hydrogens is 312 g/mol. The highest BCUT2D eigenvalue weighted by Crippen LogP contribution is 2.24. The number of anilines is 3. The number of hydrogen-bond donors (Lipinski definition) is 4. The standard InChI is InChI=1S/C15H26N6O3/c1-10(2)17-14-18-13(16-5-7-22)19-15(20-14)21-6-3-4-11(9-21)8-12(23)24/h10-11,22H,3-9H2,1-2H3,(H,23,24)(H2,16,17,18,19,20)/t11-/m1/s1. The van der Waals surface area contributed by atoms with Crippen molar-refractivity contribution in [2.45, 2.75) is 39.2 Å². The van der Waals surface area contributed by atoms with Crippen LogP contribution in [0, 0.1) is 5.92 Å². The van der Waals surface area contributed by atoms with Crippen LogP contribution in [0.1, 0.15) is 33.1 Å². The lowest BCUT2D eigenvalue weighted by Gasteiger charge is -2.32. The predicted molar refractivity (Wildman–Crippen MR) is 91.4 cm³/mol. The van der Waals surface area contributed by atoms with Gasteiger partial charge >= 0.3 is 5.97 Å². The Labute approximate surface area is 141 Å². The molecule has 0 saturated carbocycles. The lowest BCUT2D eigenvalue weighted by Crippen LogP contribution is -2.37. The van der Waals surface area contributed by atoms with E-state index in [1.807, 2.05) is 18.7 Å². The molecule has 1 fully saturated rings. The summed E-state index contributed by atoms with van der Waals surface area (Å²) < 4.78 is 0. The molecule has 0 spiro atoms. The summed E-state index contributed by atoms with van der Waals surface area (Å²) in [6.07, 6.45) is 1.98. The van der Waals surface area contributed by atoms with Crippen molar-refractivity contribution in [2.24, 2.45) is 5.92 Å². The number of nitrogens with one attached hydrogen (secondary N) is 2. The molecule has 9 heteroatoms. The maximum absolute atomic E-state index is 11.0. The van der Waals surface area contributed by atoms with Crippen LogP contribution in [0.2, 0.25) is 0 Å². The fourth-order valence-corrected chi connectivity index (χ4v) is 2.74. The average molecular weight is 338 g/mol. The van der Waals surface area contributed by atoms with Gasteiger partial charge in [0.25, 0.3) is 0 Å². The zero-order valence-corrected chi connectivity index (χ0v) is 14.2. The van der Waals surface area contributed by atoms with Crippen LogP contribution >= 0.6 is 0 Å². The Morgan fingerprint density at radius 3 is 2.75 bits per heavy atom. The van der Waals surface area contributed by atoms with Gasteiger partial charge in [-0.05, 0) is 32.6 Å². The van der Waals surface area contributed by atoms with Gasteiger partial charge in [0.1, 0.15) is 0 Å². The molecule has 0 bridgehead atoms. The smallest absolute Gasteiger partial charge is 0.303 e. The minimum atomic E-state index is -0.773. The summed E-state index contributed by atoms with van der Waals surface area (Å²) in [7, 11) is 0. The molecule has 4 N–H and O–H groups in total. The van der Waals surface area contributed by atoms with Crippen molar-refractivity contribution in [2.75, 3.05) is 41.8 Å². The number of aliphatic carboxylic acids is 1. The molecule has 24 heavy (non-hydrogen) atoms. The highest BCUT2D eigenvalue weighted by atomic mass is 16.4. The van der Waals surface area contributed by atoms with E-state index >= 15 is 0 Å². The number of carbonyl (C=O) groups is 1. The molecule has 9 nitrogen and oxygen atoms in total. The van der Waals surface area contributed by atoms with E-state index in [4.69, 9.17) is 10.2 Å². The van der Waals surface area contributed by atoms with Gasteiger partial charge in [-0.25, -0.2) is 0 Å². The maximum Gasteiger partial charge on any atom is 0.303 e. The second kappa shape index (κ2) is 8.62. The number of aromatic nitrogens is 3. The van der Waals surface area contributed by atoms with E-state index in [2.05, 4.69) is 25.6 Å². The molecule has 1 aliphatic heterocycles. The van der Waals surface area contributed by atoms with Gasteiger partial charge in [-0.1, -0.05) is 0 Å². The molecule has 0 aliphatic carbocycles. The first-order valence-corrected chi connectivity index (χ1v) is 8.32. The van der Waals surface area contributed by atoms with Crippen LogP contribution in [0.3, 0.4) is 0 Å². The Kier molecular flexibility index (Phi) is 6.53. The fourth-order valence-electron chi connectivity index (χ4n) is 2.74. The lowest BCUT2D eigenvalue weighted by atomic mass is 9.95. The zero-order valence-electron chi connectivity index (χ0n) is 14.2. The van der Waals surface area contributed by atoms with Crippen molar-refractivity contribution in [3.8, 4) is 0 Å². The second-order valence-corrected chi connectivity index (χ2v) is 6.28. The predicted octanol–water partition coefficient (Wildman–Crippen LogP) is 0.787. The Balaban J connectivity index is 2.18. The third-order valence-corrected chi connectivity index (χ3v) is 3.70. The van der Waals surface area contributed by atoms with E-state index in [-0.39, 0.29) is 25.0 Å². The van der Waals surface area contributed by atoms with Gasteiger partial charge in [-0.2, -0.15) is 15.0 Å². The third kappa shape index (κ3) is 5.48. The van der Waals surface area contributed by atoms with Crippen molar-refractivity contribution in [1.82, 2.24) is 15.0 Å². The van der Waals surface area contributed by atoms with Gasteiger partial charge in [0.05, 0.1) is 6.61 Å². The van der Waals surface area contributed by atoms with Crippen molar-refractivity contribution in [3.63, 3.8) is 0 Å². The molecule has 0 radical (unpaired) electrons. The number of rotatable bonds is 8. The Morgan fingerprint density at radius 1 is 1.33 bits per heavy atom. The van der Waals surface area contributed by atoms with Crippen LogP contribution in [-0.2, 0) is 4.79 Å². The lowest BCUT2D eigenvalue weighted by molar-refractivity contribution is -0.138. The summed E-state index contributed by atoms with van der Waals surface area (Å²) >= 11 is 0. The molecule has 2 rings (SSSR count). The van der Waals surface area contributed by atoms with Gasteiger partial charge in [0.15, 0.2) is 0 Å². The normalized spacial score (nSPS) is 17.8. The van der Waals surface area contributed by atoms with E-state index in [0.717, 1.165) is 19.4 Å². The number of aliphatic hydroxyl groups is 1. The molecule has 1 aromatic rings. The van der Waals surface area contributed by atoms with E-state index in [1.165, 1.54) is 0 Å². The highest BCUT2D eigenvalue weighted by Gasteiger charge is 2.24. The summed E-state index contributed by atoms with van der Waals surface area (Å²) in [5, 5.41) is 24.1. The van der Waals surface area contributed by atoms with E-state index in [0.29, 0.717) is 30.9 Å². The van der Waals surface area contributed by atoms with Crippen molar-refractivity contribution in [3.05, 3.63) is 0 Å². The summed E-state index contributed by atoms with van der Waals surface area (Å²) in [6.45, 7) is 5.74. The molecule has 0 unspecified atom stereocenters. The number of hydrogen-bond acceptors (Lipinski definition) is 8. The van der Waals surface area contributed by atoms with E-state index in [9.17, 15) is 4.79 Å². The summed E-state index contributed by atoms with van der Waals surface area (Å²) in [5.41, 5.74) is 0. The number of carboxylic acid groups (broad SMARTS) is 1. The van der Waals surface area contributed by atoms with Crippen LogP contribution in [0.15, 0.2) is 0 Å². The number of nitrogens with zero attached hydrogens (tertiary/aromatic N) is 4. The van der Waals surface area contributed by atoms with Crippen LogP contribution in [0.5, 0.6) is 0 Å². The molecule has 1 atom stereocenters. The van der Waals surface area contributed by atoms with Crippen molar-refractivity contribution < 1.29 is 15.0 Å². The molecule has 1 aliphatic rings. The molecule has 134 valence electrons. The van der Waals surface area contributed by atoms with Gasteiger partial charge in [0.2, 0.25) is 17.8 Å². The monoisotopic (exact) mass is 338 g/mol. The minimum absolute atomic E-state index is 0.0155. The first-order valence-electron chi connectivity index (χ1n) is 8.32. The average Bonchev–Trinajstić information content (AvgIpc) is 2.51. The molecule has 0 aromatic carbocycles. The van der Waals surface area contributed by atoms with Crippen LogP contribution in [0.4, 0.5) is 17.8 Å². The fraction of sp³-hybridized carbons (Fsp3) is 0.733. The molecule has 0 amide bonds. The van der Waals surface area contributed by atoms with Crippen molar-refractivity contribution >= 4 is 23.8 Å². The van der Waals surface area contributed by atoms with Crippen LogP contribution in [0.25, 0.3) is 0 Å². The van der Waals surface area contributed by atoms with Crippen molar-refractivity contribution in [1.29, 1.82) is 0 Å². The SMILES string of the molecule is CC(C)Nc1nc(NCCO)nc(N2CCC[C@H](CC(=O)O)C2)n1. The van der Waals surface area contributed by atoms with Gasteiger partial charge in [-0.3, -0.25) is 4.79 Å². The Bertz CT molecular complexity index is 554. The Morgan fingerprint density at radius 2 is 2.08 bits per heavy atom. The third-order valence-electron chi connectivity index (χ3n) is 3.70. The van der Waals surface area contributed by atoms with Gasteiger partial charge in [0, 0.05) is 32.1 Å². The zero-order chi connectivity index (χ0) is 17.5. The van der Waals surface area contributed by atoms with Crippen LogP contribution in [-0.4, -0.2) is 63.4 Å². The van der Waals surface area contributed by atoms with Gasteiger partial charge in [-0.15, -0.1) is 0 Å². The van der Waals surface area contributed by atoms with Crippen LogP contribution < -0.4 is 15.5 Å². The number of carboxylic acids is 1. The summed E-state index contributed by atoms with van der Waals surface area (Å²) in [4.78, 5) is 26.1. The molecular formula is C15H26N6O3. The number of aliphatic hydroxyl groups excluding tert-OH is 1. The summed E-state index contributed by atoms with van der Waals surface area (Å²) in [5.74, 6) is 0.727. The van der Waals surface area contributed by atoms with E-state index < -0.39 is 5.97 Å². The quantitative estimate of drug-likeness (QED) is 0.544. The molecule has 2 heterocycles. The Hall–Kier alpha value is -2.16. The largest absolute Gasteiger partial charge is 0.481 e. The maximum atomic E-state index is 11.0. The molecule has 1 aromatic heterocycles. The second-order valence-electron chi connectivity index (χ2n) is 6.28. The van der Waals surface area contributed by atoms with E-state index in [1.54, 1.807) is 0 Å².